The molecule has 30 heavy (non-hydrogen) atoms. The standard InChI is InChI=1S/C21H16F2N4OS2/c22-15-5-1-13(2-6-15)11-26-19(28)18-17(9-10-29-18)27-20(26)24-25-21(27)30-12-14-3-7-16(23)8-4-14/h1-10,20,24H,11-12H2. The molecule has 5 nitrogen and oxygen atoms in total. The van der Waals surface area contributed by atoms with Gasteiger partial charge in [-0.05, 0) is 46.8 Å². The predicted octanol–water partition coefficient (Wildman–Crippen LogP) is 4.58. The molecule has 0 radical (unpaired) electrons. The zero-order valence-electron chi connectivity index (χ0n) is 15.6. The SMILES string of the molecule is O=C1c2sccc2N2C(SCc3ccc(F)cc3)=NNC2N1Cc1ccc(F)cc1. The molecule has 0 saturated heterocycles. The minimum Gasteiger partial charge on any atom is -0.294 e. The molecular formula is C21H16F2N4OS2. The number of anilines is 1. The molecule has 1 amide bonds. The van der Waals surface area contributed by atoms with Crippen LogP contribution in [0.5, 0.6) is 0 Å². The van der Waals surface area contributed by atoms with Crippen molar-refractivity contribution in [2.45, 2.75) is 18.6 Å². The maximum Gasteiger partial charge on any atom is 0.269 e. The lowest BCUT2D eigenvalue weighted by atomic mass is 10.1. The van der Waals surface area contributed by atoms with Gasteiger partial charge in [-0.3, -0.25) is 20.0 Å². The number of nitrogens with one attached hydrogen (secondary N) is 1. The fourth-order valence-corrected chi connectivity index (χ4v) is 5.22. The summed E-state index contributed by atoms with van der Waals surface area (Å²) >= 11 is 2.91. The first-order valence-electron chi connectivity index (χ1n) is 9.23. The number of halogens is 2. The lowest BCUT2D eigenvalue weighted by Crippen LogP contribution is -2.57. The molecule has 152 valence electrons. The predicted molar refractivity (Wildman–Crippen MR) is 115 cm³/mol. The summed E-state index contributed by atoms with van der Waals surface area (Å²) in [4.78, 5) is 17.5. The summed E-state index contributed by atoms with van der Waals surface area (Å²) in [5.41, 5.74) is 5.70. The van der Waals surface area contributed by atoms with Gasteiger partial charge in [0.25, 0.3) is 5.91 Å². The van der Waals surface area contributed by atoms with Crippen LogP contribution in [0.4, 0.5) is 14.5 Å². The third kappa shape index (κ3) is 3.44. The third-order valence-electron chi connectivity index (χ3n) is 4.93. The number of benzene rings is 2. The molecule has 0 aliphatic carbocycles. The quantitative estimate of drug-likeness (QED) is 0.643. The average molecular weight is 443 g/mol. The van der Waals surface area contributed by atoms with Crippen LogP contribution in [0, 0.1) is 11.6 Å². The molecule has 2 aliphatic heterocycles. The molecule has 3 heterocycles. The second kappa shape index (κ2) is 7.73. The lowest BCUT2D eigenvalue weighted by Gasteiger charge is -2.39. The van der Waals surface area contributed by atoms with Gasteiger partial charge in [0, 0.05) is 12.3 Å². The first kappa shape index (κ1) is 19.1. The van der Waals surface area contributed by atoms with Gasteiger partial charge in [0.2, 0.25) is 6.29 Å². The highest BCUT2D eigenvalue weighted by molar-refractivity contribution is 8.13. The summed E-state index contributed by atoms with van der Waals surface area (Å²) in [7, 11) is 0. The number of nitrogens with zero attached hydrogens (tertiary/aromatic N) is 3. The molecule has 0 fully saturated rings. The number of hydrazone groups is 1. The number of rotatable bonds is 4. The van der Waals surface area contributed by atoms with E-state index >= 15 is 0 Å². The molecule has 0 bridgehead atoms. The first-order chi connectivity index (χ1) is 14.6. The Morgan fingerprint density at radius 1 is 1.00 bits per heavy atom. The third-order valence-corrected chi connectivity index (χ3v) is 6.84. The number of carbonyl (C=O) groups is 1. The van der Waals surface area contributed by atoms with Crippen molar-refractivity contribution in [2.75, 3.05) is 4.90 Å². The minimum absolute atomic E-state index is 0.0851. The van der Waals surface area contributed by atoms with E-state index in [0.29, 0.717) is 17.2 Å². The van der Waals surface area contributed by atoms with E-state index in [0.717, 1.165) is 22.0 Å². The van der Waals surface area contributed by atoms with Gasteiger partial charge in [0.1, 0.15) is 16.5 Å². The molecule has 0 spiro atoms. The summed E-state index contributed by atoms with van der Waals surface area (Å²) in [5, 5.41) is 7.09. The minimum atomic E-state index is -0.458. The van der Waals surface area contributed by atoms with E-state index in [2.05, 4.69) is 10.5 Å². The zero-order valence-corrected chi connectivity index (χ0v) is 17.2. The zero-order chi connectivity index (χ0) is 20.7. The topological polar surface area (TPSA) is 47.9 Å². The van der Waals surface area contributed by atoms with Crippen LogP contribution in [-0.4, -0.2) is 22.3 Å². The normalized spacial score (nSPS) is 17.5. The molecule has 1 atom stereocenters. The Kier molecular flexibility index (Phi) is 4.92. The van der Waals surface area contributed by atoms with Gasteiger partial charge in [0.15, 0.2) is 5.17 Å². The molecule has 1 aromatic heterocycles. The summed E-state index contributed by atoms with van der Waals surface area (Å²) in [6, 6.07) is 14.4. The smallest absolute Gasteiger partial charge is 0.269 e. The molecule has 1 unspecified atom stereocenters. The number of hydrogen-bond donors (Lipinski definition) is 1. The van der Waals surface area contributed by atoms with E-state index in [4.69, 9.17) is 0 Å². The van der Waals surface area contributed by atoms with Crippen LogP contribution in [0.15, 0.2) is 65.1 Å². The average Bonchev–Trinajstić information content (AvgIpc) is 3.39. The van der Waals surface area contributed by atoms with Gasteiger partial charge in [-0.25, -0.2) is 8.78 Å². The van der Waals surface area contributed by atoms with Gasteiger partial charge in [-0.15, -0.1) is 11.3 Å². The monoisotopic (exact) mass is 442 g/mol. The van der Waals surface area contributed by atoms with Crippen molar-refractivity contribution >= 4 is 39.9 Å². The van der Waals surface area contributed by atoms with E-state index in [9.17, 15) is 13.6 Å². The second-order valence-electron chi connectivity index (χ2n) is 6.88. The van der Waals surface area contributed by atoms with Crippen molar-refractivity contribution in [3.8, 4) is 0 Å². The fraction of sp³-hybridized carbons (Fsp3) is 0.143. The second-order valence-corrected chi connectivity index (χ2v) is 8.74. The Morgan fingerprint density at radius 3 is 2.37 bits per heavy atom. The maximum absolute atomic E-state index is 13.3. The number of hydrogen-bond acceptors (Lipinski definition) is 6. The number of fused-ring (bicyclic) bond motifs is 3. The van der Waals surface area contributed by atoms with Crippen LogP contribution in [0.2, 0.25) is 0 Å². The van der Waals surface area contributed by atoms with Crippen LogP contribution in [0.1, 0.15) is 20.8 Å². The summed E-state index contributed by atoms with van der Waals surface area (Å²) in [6.45, 7) is 0.329. The van der Waals surface area contributed by atoms with Crippen molar-refractivity contribution in [1.82, 2.24) is 10.3 Å². The summed E-state index contributed by atoms with van der Waals surface area (Å²) < 4.78 is 26.4. The van der Waals surface area contributed by atoms with Crippen molar-refractivity contribution in [1.29, 1.82) is 0 Å². The highest BCUT2D eigenvalue weighted by Crippen LogP contribution is 2.39. The van der Waals surface area contributed by atoms with Crippen LogP contribution in [-0.2, 0) is 12.3 Å². The van der Waals surface area contributed by atoms with Crippen molar-refractivity contribution in [3.63, 3.8) is 0 Å². The van der Waals surface area contributed by atoms with Gasteiger partial charge >= 0.3 is 0 Å². The summed E-state index contributed by atoms with van der Waals surface area (Å²) in [5.74, 6) is -0.0432. The number of carbonyl (C=O) groups excluding carboxylic acids is 1. The van der Waals surface area contributed by atoms with E-state index in [1.807, 2.05) is 16.3 Å². The first-order valence-corrected chi connectivity index (χ1v) is 11.1. The number of thiophene rings is 1. The van der Waals surface area contributed by atoms with Crippen LogP contribution in [0.3, 0.4) is 0 Å². The Balaban J connectivity index is 1.39. The Bertz CT molecular complexity index is 1110. The van der Waals surface area contributed by atoms with Gasteiger partial charge in [0.05, 0.1) is 5.69 Å². The van der Waals surface area contributed by atoms with E-state index in [1.165, 1.54) is 47.4 Å². The molecule has 5 rings (SSSR count). The Hall–Kier alpha value is -2.91. The maximum atomic E-state index is 13.3. The van der Waals surface area contributed by atoms with Gasteiger partial charge in [-0.1, -0.05) is 36.0 Å². The van der Waals surface area contributed by atoms with Gasteiger partial charge in [-0.2, -0.15) is 5.10 Å². The van der Waals surface area contributed by atoms with Crippen LogP contribution >= 0.6 is 23.1 Å². The number of amides is 1. The number of thioether (sulfide) groups is 1. The van der Waals surface area contributed by atoms with E-state index in [1.54, 1.807) is 29.2 Å². The Morgan fingerprint density at radius 2 is 1.67 bits per heavy atom. The van der Waals surface area contributed by atoms with Gasteiger partial charge < -0.3 is 0 Å². The largest absolute Gasteiger partial charge is 0.294 e. The lowest BCUT2D eigenvalue weighted by molar-refractivity contribution is 0.0629. The Labute approximate surface area is 180 Å². The molecule has 0 saturated carbocycles. The molecule has 2 aromatic carbocycles. The van der Waals surface area contributed by atoms with E-state index < -0.39 is 6.29 Å². The van der Waals surface area contributed by atoms with Crippen molar-refractivity contribution < 1.29 is 13.6 Å². The molecule has 1 N–H and O–H groups in total. The molecular weight excluding hydrogens is 426 g/mol. The molecule has 2 aliphatic rings. The molecule has 9 heteroatoms. The number of amidine groups is 1. The van der Waals surface area contributed by atoms with Crippen molar-refractivity contribution in [2.24, 2.45) is 5.10 Å². The van der Waals surface area contributed by atoms with Crippen molar-refractivity contribution in [3.05, 3.63) is 87.6 Å². The van der Waals surface area contributed by atoms with Crippen LogP contribution < -0.4 is 10.3 Å². The van der Waals surface area contributed by atoms with Crippen LogP contribution in [0.25, 0.3) is 0 Å². The van der Waals surface area contributed by atoms with E-state index in [-0.39, 0.29) is 17.5 Å². The fourth-order valence-electron chi connectivity index (χ4n) is 3.44. The highest BCUT2D eigenvalue weighted by Gasteiger charge is 2.43. The highest BCUT2D eigenvalue weighted by atomic mass is 32.2. The summed E-state index contributed by atoms with van der Waals surface area (Å²) in [6.07, 6.45) is -0.458. The molecule has 3 aromatic rings.